The summed E-state index contributed by atoms with van der Waals surface area (Å²) in [6, 6.07) is 5.52. The molecule has 0 radical (unpaired) electrons. The van der Waals surface area contributed by atoms with Gasteiger partial charge in [0.1, 0.15) is 18.9 Å². The molecule has 1 aliphatic rings. The number of urea groups is 1. The van der Waals surface area contributed by atoms with Gasteiger partial charge in [-0.3, -0.25) is 14.7 Å². The van der Waals surface area contributed by atoms with Gasteiger partial charge < -0.3 is 15.0 Å². The van der Waals surface area contributed by atoms with Gasteiger partial charge in [0.25, 0.3) is 0 Å². The minimum absolute atomic E-state index is 0.0272. The van der Waals surface area contributed by atoms with Gasteiger partial charge >= 0.3 is 6.03 Å². The van der Waals surface area contributed by atoms with Crippen molar-refractivity contribution < 1.29 is 23.6 Å². The van der Waals surface area contributed by atoms with Crippen molar-refractivity contribution in [3.05, 3.63) is 30.1 Å². The van der Waals surface area contributed by atoms with Gasteiger partial charge in [0.05, 0.1) is 32.1 Å². The maximum Gasteiger partial charge on any atom is 0.321 e. The summed E-state index contributed by atoms with van der Waals surface area (Å²) in [5, 5.41) is 13.6. The maximum atomic E-state index is 13.3. The molecular formula is C18H24FN6O3S+. The van der Waals surface area contributed by atoms with Gasteiger partial charge in [0, 0.05) is 12.6 Å². The summed E-state index contributed by atoms with van der Waals surface area (Å²) in [6.07, 6.45) is 0. The number of hydrogen-bond acceptors (Lipinski definition) is 6. The lowest BCUT2D eigenvalue weighted by Gasteiger charge is -2.24. The van der Waals surface area contributed by atoms with Gasteiger partial charge in [0.2, 0.25) is 5.91 Å². The van der Waals surface area contributed by atoms with Crippen LogP contribution in [0.25, 0.3) is 11.4 Å². The van der Waals surface area contributed by atoms with E-state index in [-0.39, 0.29) is 11.6 Å². The van der Waals surface area contributed by atoms with Crippen LogP contribution in [0.5, 0.6) is 0 Å². The number of quaternary nitrogens is 1. The van der Waals surface area contributed by atoms with Crippen LogP contribution in [0.3, 0.4) is 0 Å². The number of rotatable bonds is 7. The zero-order valence-corrected chi connectivity index (χ0v) is 16.9. The molecule has 0 atom stereocenters. The average molecular weight is 423 g/mol. The Morgan fingerprint density at radius 1 is 1.24 bits per heavy atom. The van der Waals surface area contributed by atoms with E-state index in [2.05, 4.69) is 20.8 Å². The normalized spacial score (nSPS) is 14.6. The minimum atomic E-state index is -0.556. The van der Waals surface area contributed by atoms with Crippen molar-refractivity contribution >= 4 is 23.7 Å². The SMILES string of the molecule is CNC(=O)NC(=O)CSc1nnc(-c2ccc(F)cc2)n1CC[NH+]1CCOCC1. The summed E-state index contributed by atoms with van der Waals surface area (Å²) in [5.74, 6) is -0.102. The molecule has 0 spiro atoms. The lowest BCUT2D eigenvalue weighted by atomic mass is 10.2. The number of benzene rings is 1. The van der Waals surface area contributed by atoms with Crippen molar-refractivity contribution in [2.24, 2.45) is 0 Å². The molecule has 1 saturated heterocycles. The van der Waals surface area contributed by atoms with E-state index >= 15 is 0 Å². The largest absolute Gasteiger partial charge is 0.370 e. The third-order valence-corrected chi connectivity index (χ3v) is 5.49. The number of ether oxygens (including phenoxy) is 1. The molecule has 0 saturated carbocycles. The monoisotopic (exact) mass is 423 g/mol. The van der Waals surface area contributed by atoms with Crippen LogP contribution >= 0.6 is 11.8 Å². The Labute approximate surface area is 172 Å². The molecule has 2 heterocycles. The summed E-state index contributed by atoms with van der Waals surface area (Å²) in [6.45, 7) is 4.85. The molecular weight excluding hydrogens is 399 g/mol. The number of carbonyl (C=O) groups excluding carboxylic acids is 2. The molecule has 29 heavy (non-hydrogen) atoms. The number of nitrogens with one attached hydrogen (secondary N) is 3. The molecule has 3 N–H and O–H groups in total. The number of halogens is 1. The number of hydrogen-bond donors (Lipinski definition) is 3. The van der Waals surface area contributed by atoms with E-state index in [4.69, 9.17) is 4.74 Å². The smallest absolute Gasteiger partial charge is 0.321 e. The first-order chi connectivity index (χ1) is 14.1. The van der Waals surface area contributed by atoms with Crippen molar-refractivity contribution in [3.8, 4) is 11.4 Å². The Hall–Kier alpha value is -2.50. The van der Waals surface area contributed by atoms with E-state index in [1.54, 1.807) is 12.1 Å². The first kappa shape index (κ1) is 21.2. The van der Waals surface area contributed by atoms with E-state index < -0.39 is 11.9 Å². The van der Waals surface area contributed by atoms with Crippen molar-refractivity contribution in [1.29, 1.82) is 0 Å². The Morgan fingerprint density at radius 3 is 2.66 bits per heavy atom. The van der Waals surface area contributed by atoms with Crippen molar-refractivity contribution in [3.63, 3.8) is 0 Å². The van der Waals surface area contributed by atoms with E-state index in [0.29, 0.717) is 17.5 Å². The lowest BCUT2D eigenvalue weighted by molar-refractivity contribution is -0.908. The zero-order valence-electron chi connectivity index (χ0n) is 16.1. The highest BCUT2D eigenvalue weighted by Crippen LogP contribution is 2.24. The van der Waals surface area contributed by atoms with Crippen LogP contribution in [0.1, 0.15) is 0 Å². The first-order valence-electron chi connectivity index (χ1n) is 9.31. The molecule has 1 aromatic heterocycles. The summed E-state index contributed by atoms with van der Waals surface area (Å²) in [5.41, 5.74) is 0.748. The molecule has 1 fully saturated rings. The van der Waals surface area contributed by atoms with Gasteiger partial charge in [-0.2, -0.15) is 0 Å². The number of morpholine rings is 1. The van der Waals surface area contributed by atoms with Crippen LogP contribution < -0.4 is 15.5 Å². The van der Waals surface area contributed by atoms with Crippen LogP contribution in [0.4, 0.5) is 9.18 Å². The van der Waals surface area contributed by atoms with Crippen molar-refractivity contribution in [2.45, 2.75) is 11.7 Å². The van der Waals surface area contributed by atoms with Crippen molar-refractivity contribution in [2.75, 3.05) is 45.6 Å². The summed E-state index contributed by atoms with van der Waals surface area (Å²) >= 11 is 1.20. The number of nitrogens with zero attached hydrogens (tertiary/aromatic N) is 3. The first-order valence-corrected chi connectivity index (χ1v) is 10.3. The fraction of sp³-hybridized carbons (Fsp3) is 0.444. The third kappa shape index (κ3) is 5.99. The average Bonchev–Trinajstić information content (AvgIpc) is 3.14. The van der Waals surface area contributed by atoms with Crippen LogP contribution in [0.15, 0.2) is 29.4 Å². The molecule has 156 valence electrons. The van der Waals surface area contributed by atoms with Gasteiger partial charge in [0.15, 0.2) is 11.0 Å². The Bertz CT molecular complexity index is 839. The van der Waals surface area contributed by atoms with Crippen LogP contribution in [-0.4, -0.2) is 72.4 Å². The molecule has 0 unspecified atom stereocenters. The molecule has 3 amide bonds. The van der Waals surface area contributed by atoms with Crippen LogP contribution in [-0.2, 0) is 16.1 Å². The van der Waals surface area contributed by atoms with Gasteiger partial charge in [-0.05, 0) is 24.3 Å². The van der Waals surface area contributed by atoms with E-state index in [0.717, 1.165) is 38.4 Å². The maximum absolute atomic E-state index is 13.3. The molecule has 2 aromatic rings. The summed E-state index contributed by atoms with van der Waals surface area (Å²) < 4.78 is 20.6. The Morgan fingerprint density at radius 2 is 1.97 bits per heavy atom. The van der Waals surface area contributed by atoms with E-state index in [9.17, 15) is 14.0 Å². The van der Waals surface area contributed by atoms with Gasteiger partial charge in [-0.15, -0.1) is 10.2 Å². The van der Waals surface area contributed by atoms with Crippen molar-refractivity contribution in [1.82, 2.24) is 25.4 Å². The van der Waals surface area contributed by atoms with Gasteiger partial charge in [-0.1, -0.05) is 11.8 Å². The zero-order chi connectivity index (χ0) is 20.6. The quantitative estimate of drug-likeness (QED) is 0.522. The van der Waals surface area contributed by atoms with Crippen LogP contribution in [0, 0.1) is 5.82 Å². The Kier molecular flexibility index (Phi) is 7.55. The topological polar surface area (TPSA) is 103 Å². The van der Waals surface area contributed by atoms with Crippen LogP contribution in [0.2, 0.25) is 0 Å². The second kappa shape index (κ2) is 10.3. The Balaban J connectivity index is 1.74. The van der Waals surface area contributed by atoms with E-state index in [1.165, 1.54) is 35.8 Å². The lowest BCUT2D eigenvalue weighted by Crippen LogP contribution is -3.14. The fourth-order valence-electron chi connectivity index (χ4n) is 2.94. The molecule has 0 bridgehead atoms. The molecule has 1 aliphatic heterocycles. The summed E-state index contributed by atoms with van der Waals surface area (Å²) in [7, 11) is 1.44. The molecule has 3 rings (SSSR count). The van der Waals surface area contributed by atoms with E-state index in [1.807, 2.05) is 4.57 Å². The third-order valence-electron chi connectivity index (χ3n) is 4.52. The molecule has 1 aromatic carbocycles. The van der Waals surface area contributed by atoms with Gasteiger partial charge in [-0.25, -0.2) is 9.18 Å². The molecule has 9 nitrogen and oxygen atoms in total. The predicted octanol–water partition coefficient (Wildman–Crippen LogP) is -0.453. The highest BCUT2D eigenvalue weighted by molar-refractivity contribution is 7.99. The number of thioether (sulfide) groups is 1. The number of imide groups is 1. The second-order valence-electron chi connectivity index (χ2n) is 6.49. The standard InChI is InChI=1S/C18H23FN6O3S/c1-20-17(27)21-15(26)12-29-18-23-22-16(13-2-4-14(19)5-3-13)25(18)7-6-24-8-10-28-11-9-24/h2-5H,6-12H2,1H3,(H2,20,21,26,27)/p+1. The molecule has 11 heteroatoms. The summed E-state index contributed by atoms with van der Waals surface area (Å²) in [4.78, 5) is 24.6. The number of amides is 3. The minimum Gasteiger partial charge on any atom is -0.370 e. The second-order valence-corrected chi connectivity index (χ2v) is 7.44. The fourth-order valence-corrected chi connectivity index (χ4v) is 3.71. The highest BCUT2D eigenvalue weighted by Gasteiger charge is 2.19. The number of aromatic nitrogens is 3. The molecule has 0 aliphatic carbocycles. The predicted molar refractivity (Wildman–Crippen MR) is 105 cm³/mol. The highest BCUT2D eigenvalue weighted by atomic mass is 32.2. The number of carbonyl (C=O) groups is 2.